The number of carbonyl (C=O) groups excluding carboxylic acids is 1. The van der Waals surface area contributed by atoms with Crippen molar-refractivity contribution in [3.05, 3.63) is 101 Å². The molecule has 0 fully saturated rings. The molecule has 0 unspecified atom stereocenters. The van der Waals surface area contributed by atoms with Gasteiger partial charge in [-0.25, -0.2) is 4.39 Å². The molecule has 0 aromatic heterocycles. The average Bonchev–Trinajstić information content (AvgIpc) is 2.69. The quantitative estimate of drug-likeness (QED) is 0.642. The lowest BCUT2D eigenvalue weighted by Gasteiger charge is -2.19. The van der Waals surface area contributed by atoms with Gasteiger partial charge >= 0.3 is 0 Å². The Bertz CT molecular complexity index is 861. The number of rotatable bonds is 7. The van der Waals surface area contributed by atoms with E-state index in [0.717, 1.165) is 22.4 Å². The van der Waals surface area contributed by atoms with Crippen LogP contribution >= 0.6 is 0 Å². The minimum atomic E-state index is -0.465. The van der Waals surface area contributed by atoms with Crippen molar-refractivity contribution >= 4 is 11.6 Å². The third-order valence-corrected chi connectivity index (χ3v) is 4.39. The van der Waals surface area contributed by atoms with Gasteiger partial charge in [-0.05, 0) is 48.7 Å². The van der Waals surface area contributed by atoms with Gasteiger partial charge in [0.1, 0.15) is 11.9 Å². The Kier molecular flexibility index (Phi) is 6.34. The van der Waals surface area contributed by atoms with E-state index in [1.165, 1.54) is 12.1 Å². The molecule has 3 nitrogen and oxygen atoms in total. The van der Waals surface area contributed by atoms with E-state index in [2.05, 4.69) is 10.6 Å². The van der Waals surface area contributed by atoms with Crippen LogP contribution in [0, 0.1) is 12.7 Å². The number of hydrogen-bond acceptors (Lipinski definition) is 2. The minimum Gasteiger partial charge on any atom is -0.324 e. The van der Waals surface area contributed by atoms with Crippen LogP contribution in [0.15, 0.2) is 78.9 Å². The van der Waals surface area contributed by atoms with Gasteiger partial charge in [0.05, 0.1) is 0 Å². The summed E-state index contributed by atoms with van der Waals surface area (Å²) in [4.78, 5) is 12.9. The lowest BCUT2D eigenvalue weighted by molar-refractivity contribution is -0.118. The monoisotopic (exact) mass is 362 g/mol. The number of nitrogens with one attached hydrogen (secondary N) is 2. The highest BCUT2D eigenvalue weighted by atomic mass is 19.1. The summed E-state index contributed by atoms with van der Waals surface area (Å²) in [7, 11) is 0. The molecular weight excluding hydrogens is 339 g/mol. The second-order valence-corrected chi connectivity index (χ2v) is 6.53. The van der Waals surface area contributed by atoms with E-state index < -0.39 is 6.04 Å². The summed E-state index contributed by atoms with van der Waals surface area (Å²) < 4.78 is 13.0. The Morgan fingerprint density at radius 3 is 2.26 bits per heavy atom. The van der Waals surface area contributed by atoms with Gasteiger partial charge in [0, 0.05) is 12.2 Å². The van der Waals surface area contributed by atoms with Crippen LogP contribution in [-0.2, 0) is 11.2 Å². The van der Waals surface area contributed by atoms with E-state index >= 15 is 0 Å². The Hall–Kier alpha value is -2.98. The third kappa shape index (κ3) is 5.50. The van der Waals surface area contributed by atoms with Gasteiger partial charge in [-0.2, -0.15) is 0 Å². The largest absolute Gasteiger partial charge is 0.324 e. The fraction of sp³-hybridized carbons (Fsp3) is 0.174. The first-order chi connectivity index (χ1) is 13.1. The van der Waals surface area contributed by atoms with Crippen molar-refractivity contribution in [2.24, 2.45) is 0 Å². The molecular formula is C23H23FN2O. The minimum absolute atomic E-state index is 0.107. The molecule has 3 rings (SSSR count). The zero-order valence-electron chi connectivity index (χ0n) is 15.3. The van der Waals surface area contributed by atoms with Crippen LogP contribution < -0.4 is 10.6 Å². The van der Waals surface area contributed by atoms with Crippen LogP contribution in [0.1, 0.15) is 22.7 Å². The molecule has 1 amide bonds. The van der Waals surface area contributed by atoms with Crippen molar-refractivity contribution in [2.75, 3.05) is 11.9 Å². The number of benzene rings is 3. The predicted octanol–water partition coefficient (Wildman–Crippen LogP) is 4.65. The summed E-state index contributed by atoms with van der Waals surface area (Å²) in [6, 6.07) is 23.3. The molecule has 0 saturated heterocycles. The number of carbonyl (C=O) groups is 1. The Balaban J connectivity index is 1.67. The fourth-order valence-corrected chi connectivity index (χ4v) is 2.87. The fourth-order valence-electron chi connectivity index (χ4n) is 2.87. The van der Waals surface area contributed by atoms with Crippen molar-refractivity contribution in [1.29, 1.82) is 0 Å². The molecule has 0 aliphatic carbocycles. The van der Waals surface area contributed by atoms with E-state index in [9.17, 15) is 9.18 Å². The molecule has 1 atom stereocenters. The number of aryl methyl sites for hydroxylation is 1. The van der Waals surface area contributed by atoms with Crippen LogP contribution in [0.2, 0.25) is 0 Å². The number of halogens is 1. The smallest absolute Gasteiger partial charge is 0.246 e. The molecule has 27 heavy (non-hydrogen) atoms. The Morgan fingerprint density at radius 1 is 0.926 bits per heavy atom. The summed E-state index contributed by atoms with van der Waals surface area (Å²) in [6.07, 6.45) is 0.710. The van der Waals surface area contributed by atoms with Gasteiger partial charge in [0.2, 0.25) is 5.91 Å². The van der Waals surface area contributed by atoms with Gasteiger partial charge < -0.3 is 10.6 Å². The summed E-state index contributed by atoms with van der Waals surface area (Å²) in [5, 5.41) is 6.30. The maximum absolute atomic E-state index is 13.0. The average molecular weight is 362 g/mol. The van der Waals surface area contributed by atoms with Crippen molar-refractivity contribution in [3.63, 3.8) is 0 Å². The first-order valence-corrected chi connectivity index (χ1v) is 9.02. The van der Waals surface area contributed by atoms with Gasteiger partial charge in [-0.3, -0.25) is 4.79 Å². The zero-order valence-corrected chi connectivity index (χ0v) is 15.3. The molecule has 3 aromatic carbocycles. The first-order valence-electron chi connectivity index (χ1n) is 9.02. The van der Waals surface area contributed by atoms with Crippen molar-refractivity contribution in [2.45, 2.75) is 19.4 Å². The highest BCUT2D eigenvalue weighted by Gasteiger charge is 2.19. The van der Waals surface area contributed by atoms with Gasteiger partial charge in [-0.1, -0.05) is 60.2 Å². The molecule has 0 aliphatic rings. The second-order valence-electron chi connectivity index (χ2n) is 6.53. The van der Waals surface area contributed by atoms with Crippen molar-refractivity contribution < 1.29 is 9.18 Å². The molecule has 0 bridgehead atoms. The Labute approximate surface area is 159 Å². The number of amides is 1. The Morgan fingerprint density at radius 2 is 1.59 bits per heavy atom. The lowest BCUT2D eigenvalue weighted by Crippen LogP contribution is -2.34. The second kappa shape index (κ2) is 9.10. The van der Waals surface area contributed by atoms with Crippen molar-refractivity contribution in [3.8, 4) is 0 Å². The number of anilines is 1. The maximum atomic E-state index is 13.0. The molecule has 0 spiro atoms. The van der Waals surface area contributed by atoms with Crippen molar-refractivity contribution in [1.82, 2.24) is 5.32 Å². The van der Waals surface area contributed by atoms with E-state index in [4.69, 9.17) is 0 Å². The molecule has 2 N–H and O–H groups in total. The predicted molar refractivity (Wildman–Crippen MR) is 107 cm³/mol. The molecule has 3 aromatic rings. The van der Waals surface area contributed by atoms with Crippen LogP contribution in [0.5, 0.6) is 0 Å². The summed E-state index contributed by atoms with van der Waals surface area (Å²) in [6.45, 7) is 2.61. The van der Waals surface area contributed by atoms with E-state index in [1.54, 1.807) is 12.1 Å². The highest BCUT2D eigenvalue weighted by Crippen LogP contribution is 2.17. The normalized spacial score (nSPS) is 11.8. The van der Waals surface area contributed by atoms with Crippen LogP contribution in [0.4, 0.5) is 10.1 Å². The zero-order chi connectivity index (χ0) is 19.1. The number of hydrogen-bond donors (Lipinski definition) is 2. The first kappa shape index (κ1) is 18.8. The maximum Gasteiger partial charge on any atom is 0.246 e. The highest BCUT2D eigenvalue weighted by molar-refractivity contribution is 5.95. The summed E-state index contributed by atoms with van der Waals surface area (Å²) in [5.41, 5.74) is 3.84. The molecule has 0 heterocycles. The summed E-state index contributed by atoms with van der Waals surface area (Å²) >= 11 is 0. The van der Waals surface area contributed by atoms with Crippen LogP contribution in [-0.4, -0.2) is 12.5 Å². The van der Waals surface area contributed by atoms with E-state index in [0.29, 0.717) is 13.0 Å². The molecule has 0 aliphatic heterocycles. The topological polar surface area (TPSA) is 41.1 Å². The van der Waals surface area contributed by atoms with Gasteiger partial charge in [0.25, 0.3) is 0 Å². The third-order valence-electron chi connectivity index (χ3n) is 4.39. The molecule has 4 heteroatoms. The van der Waals surface area contributed by atoms with Crippen LogP contribution in [0.3, 0.4) is 0 Å². The van der Waals surface area contributed by atoms with Gasteiger partial charge in [-0.15, -0.1) is 0 Å². The SMILES string of the molecule is Cc1ccc(NC(=O)[C@@H](NCCc2ccc(F)cc2)c2ccccc2)cc1. The van der Waals surface area contributed by atoms with Crippen LogP contribution in [0.25, 0.3) is 0 Å². The standard InChI is InChI=1S/C23H23FN2O/c1-17-7-13-21(14-8-17)26-23(27)22(19-5-3-2-4-6-19)25-16-15-18-9-11-20(24)12-10-18/h2-14,22,25H,15-16H2,1H3,(H,26,27)/t22-/m0/s1. The van der Waals surface area contributed by atoms with Gasteiger partial charge in [0.15, 0.2) is 0 Å². The molecule has 0 saturated carbocycles. The lowest BCUT2D eigenvalue weighted by atomic mass is 10.1. The molecule has 138 valence electrons. The van der Waals surface area contributed by atoms with E-state index in [1.807, 2.05) is 61.5 Å². The van der Waals surface area contributed by atoms with E-state index in [-0.39, 0.29) is 11.7 Å². The summed E-state index contributed by atoms with van der Waals surface area (Å²) in [5.74, 6) is -0.351. The molecule has 0 radical (unpaired) electrons.